The molecule has 3 heteroatoms. The maximum atomic E-state index is 13.0. The summed E-state index contributed by atoms with van der Waals surface area (Å²) in [6.45, 7) is 2.95. The van der Waals surface area contributed by atoms with Gasteiger partial charge in [-0.1, -0.05) is 26.2 Å². The van der Waals surface area contributed by atoms with Crippen molar-refractivity contribution >= 4 is 0 Å². The summed E-state index contributed by atoms with van der Waals surface area (Å²) in [4.78, 5) is 3.89. The lowest BCUT2D eigenvalue weighted by molar-refractivity contribution is 0.261. The summed E-state index contributed by atoms with van der Waals surface area (Å²) >= 11 is 0. The van der Waals surface area contributed by atoms with Crippen molar-refractivity contribution in [3.8, 4) is 0 Å². The zero-order chi connectivity index (χ0) is 12.8. The van der Waals surface area contributed by atoms with Crippen LogP contribution in [0, 0.1) is 11.7 Å². The highest BCUT2D eigenvalue weighted by molar-refractivity contribution is 5.09. The van der Waals surface area contributed by atoms with Gasteiger partial charge in [-0.2, -0.15) is 0 Å². The van der Waals surface area contributed by atoms with Crippen molar-refractivity contribution in [3.63, 3.8) is 0 Å². The lowest BCUT2D eigenvalue weighted by Crippen LogP contribution is -2.36. The standard InChI is InChI=1S/C15H23FN2/c1-2-15(13-6-4-3-5-7-13)18-10-12-8-14(16)11-17-9-12/h8-9,11,13,15,18H,2-7,10H2,1H3. The molecule has 0 amide bonds. The smallest absolute Gasteiger partial charge is 0.141 e. The van der Waals surface area contributed by atoms with E-state index in [1.807, 2.05) is 0 Å². The second kappa shape index (κ2) is 6.83. The molecule has 1 aliphatic carbocycles. The van der Waals surface area contributed by atoms with Crippen LogP contribution >= 0.6 is 0 Å². The monoisotopic (exact) mass is 250 g/mol. The van der Waals surface area contributed by atoms with Gasteiger partial charge in [-0.05, 0) is 36.8 Å². The van der Waals surface area contributed by atoms with E-state index in [1.54, 1.807) is 12.3 Å². The molecule has 1 fully saturated rings. The van der Waals surface area contributed by atoms with Gasteiger partial charge in [-0.3, -0.25) is 4.98 Å². The van der Waals surface area contributed by atoms with Crippen molar-refractivity contribution in [1.29, 1.82) is 0 Å². The van der Waals surface area contributed by atoms with Crippen LogP contribution in [-0.4, -0.2) is 11.0 Å². The van der Waals surface area contributed by atoms with Crippen LogP contribution in [0.3, 0.4) is 0 Å². The molecular formula is C15H23FN2. The van der Waals surface area contributed by atoms with Crippen molar-refractivity contribution in [2.75, 3.05) is 0 Å². The van der Waals surface area contributed by atoms with E-state index in [-0.39, 0.29) is 5.82 Å². The number of pyridine rings is 1. The molecule has 0 saturated heterocycles. The van der Waals surface area contributed by atoms with Gasteiger partial charge in [0, 0.05) is 18.8 Å². The van der Waals surface area contributed by atoms with Crippen molar-refractivity contribution in [3.05, 3.63) is 29.8 Å². The first kappa shape index (κ1) is 13.5. The van der Waals surface area contributed by atoms with E-state index in [2.05, 4.69) is 17.2 Å². The Morgan fingerprint density at radius 3 is 2.78 bits per heavy atom. The predicted octanol–water partition coefficient (Wildman–Crippen LogP) is 3.67. The molecule has 1 N–H and O–H groups in total. The summed E-state index contributed by atoms with van der Waals surface area (Å²) in [5.41, 5.74) is 0.934. The molecule has 1 heterocycles. The summed E-state index contributed by atoms with van der Waals surface area (Å²) < 4.78 is 13.0. The van der Waals surface area contributed by atoms with Gasteiger partial charge in [0.15, 0.2) is 0 Å². The molecule has 0 aliphatic heterocycles. The summed E-state index contributed by atoms with van der Waals surface area (Å²) in [5, 5.41) is 3.58. The van der Waals surface area contributed by atoms with Gasteiger partial charge in [0.1, 0.15) is 5.82 Å². The number of rotatable bonds is 5. The quantitative estimate of drug-likeness (QED) is 0.862. The third-order valence-electron chi connectivity index (χ3n) is 3.99. The van der Waals surface area contributed by atoms with Crippen LogP contribution in [0.25, 0.3) is 0 Å². The van der Waals surface area contributed by atoms with E-state index in [0.717, 1.165) is 24.4 Å². The van der Waals surface area contributed by atoms with Crippen LogP contribution in [0.1, 0.15) is 51.0 Å². The third-order valence-corrected chi connectivity index (χ3v) is 3.99. The first-order valence-corrected chi connectivity index (χ1v) is 7.12. The van der Waals surface area contributed by atoms with Crippen LogP contribution < -0.4 is 5.32 Å². The molecule has 0 aromatic carbocycles. The van der Waals surface area contributed by atoms with Gasteiger partial charge in [0.2, 0.25) is 0 Å². The summed E-state index contributed by atoms with van der Waals surface area (Å²) in [5.74, 6) is 0.547. The Morgan fingerprint density at radius 2 is 2.11 bits per heavy atom. The second-order valence-corrected chi connectivity index (χ2v) is 5.31. The Hall–Kier alpha value is -0.960. The van der Waals surface area contributed by atoms with Gasteiger partial charge >= 0.3 is 0 Å². The lowest BCUT2D eigenvalue weighted by Gasteiger charge is -2.30. The molecule has 1 aliphatic rings. The Labute approximate surface area is 109 Å². The lowest BCUT2D eigenvalue weighted by atomic mass is 9.83. The molecule has 100 valence electrons. The largest absolute Gasteiger partial charge is 0.310 e. The third kappa shape index (κ3) is 3.77. The molecule has 1 aromatic heterocycles. The minimum absolute atomic E-state index is 0.250. The molecule has 1 saturated carbocycles. The molecule has 2 rings (SSSR count). The fourth-order valence-electron chi connectivity index (χ4n) is 2.98. The SMILES string of the molecule is CCC(NCc1cncc(F)c1)C1CCCCC1. The van der Waals surface area contributed by atoms with Gasteiger partial charge in [-0.25, -0.2) is 4.39 Å². The fraction of sp³-hybridized carbons (Fsp3) is 0.667. The number of nitrogens with one attached hydrogen (secondary N) is 1. The van der Waals surface area contributed by atoms with E-state index >= 15 is 0 Å². The van der Waals surface area contributed by atoms with Gasteiger partial charge < -0.3 is 5.32 Å². The van der Waals surface area contributed by atoms with E-state index in [1.165, 1.54) is 38.3 Å². The minimum Gasteiger partial charge on any atom is -0.310 e. The molecular weight excluding hydrogens is 227 g/mol. The average Bonchev–Trinajstić information content (AvgIpc) is 2.41. The van der Waals surface area contributed by atoms with Gasteiger partial charge in [-0.15, -0.1) is 0 Å². The Kier molecular flexibility index (Phi) is 5.12. The van der Waals surface area contributed by atoms with E-state index in [0.29, 0.717) is 6.04 Å². The summed E-state index contributed by atoms with van der Waals surface area (Å²) in [7, 11) is 0. The summed E-state index contributed by atoms with van der Waals surface area (Å²) in [6, 6.07) is 2.13. The average molecular weight is 250 g/mol. The number of hydrogen-bond acceptors (Lipinski definition) is 2. The van der Waals surface area contributed by atoms with Crippen LogP contribution in [0.4, 0.5) is 4.39 Å². The van der Waals surface area contributed by atoms with Crippen molar-refractivity contribution in [2.45, 2.75) is 58.0 Å². The molecule has 0 radical (unpaired) electrons. The van der Waals surface area contributed by atoms with Crippen molar-refractivity contribution < 1.29 is 4.39 Å². The minimum atomic E-state index is -0.250. The Bertz CT molecular complexity index is 361. The zero-order valence-electron chi connectivity index (χ0n) is 11.2. The highest BCUT2D eigenvalue weighted by Gasteiger charge is 2.21. The Morgan fingerprint density at radius 1 is 1.33 bits per heavy atom. The van der Waals surface area contributed by atoms with E-state index in [4.69, 9.17) is 0 Å². The Balaban J connectivity index is 1.86. The second-order valence-electron chi connectivity index (χ2n) is 5.31. The van der Waals surface area contributed by atoms with Crippen LogP contribution in [-0.2, 0) is 6.54 Å². The molecule has 0 spiro atoms. The normalized spacial score (nSPS) is 18.8. The van der Waals surface area contributed by atoms with E-state index < -0.39 is 0 Å². The van der Waals surface area contributed by atoms with Gasteiger partial charge in [0.25, 0.3) is 0 Å². The van der Waals surface area contributed by atoms with Crippen LogP contribution in [0.2, 0.25) is 0 Å². The highest BCUT2D eigenvalue weighted by atomic mass is 19.1. The first-order valence-electron chi connectivity index (χ1n) is 7.12. The first-order chi connectivity index (χ1) is 8.79. The van der Waals surface area contributed by atoms with Crippen LogP contribution in [0.5, 0.6) is 0 Å². The van der Waals surface area contributed by atoms with E-state index in [9.17, 15) is 4.39 Å². The molecule has 1 aromatic rings. The number of hydrogen-bond donors (Lipinski definition) is 1. The maximum absolute atomic E-state index is 13.0. The molecule has 1 unspecified atom stereocenters. The predicted molar refractivity (Wildman–Crippen MR) is 71.7 cm³/mol. The maximum Gasteiger partial charge on any atom is 0.141 e. The number of nitrogens with zero attached hydrogens (tertiary/aromatic N) is 1. The summed E-state index contributed by atoms with van der Waals surface area (Å²) in [6.07, 6.45) is 10.9. The highest BCUT2D eigenvalue weighted by Crippen LogP contribution is 2.27. The molecule has 18 heavy (non-hydrogen) atoms. The number of aromatic nitrogens is 1. The zero-order valence-corrected chi connectivity index (χ0v) is 11.2. The topological polar surface area (TPSA) is 24.9 Å². The molecule has 1 atom stereocenters. The fourth-order valence-corrected chi connectivity index (χ4v) is 2.98. The van der Waals surface area contributed by atoms with Gasteiger partial charge in [0.05, 0.1) is 6.20 Å². The van der Waals surface area contributed by atoms with Crippen LogP contribution in [0.15, 0.2) is 18.5 Å². The molecule has 0 bridgehead atoms. The number of halogens is 1. The van der Waals surface area contributed by atoms with Crippen molar-refractivity contribution in [2.24, 2.45) is 5.92 Å². The van der Waals surface area contributed by atoms with Crippen molar-refractivity contribution in [1.82, 2.24) is 10.3 Å². The molecule has 2 nitrogen and oxygen atoms in total.